The fourth-order valence-electron chi connectivity index (χ4n) is 1.86. The molecule has 0 saturated heterocycles. The number of carbonyl (C=O) groups is 2. The Hall–Kier alpha value is -2.63. The third-order valence-electron chi connectivity index (χ3n) is 2.96. The van der Waals surface area contributed by atoms with Crippen molar-refractivity contribution in [3.8, 4) is 11.3 Å². The molecule has 0 aliphatic heterocycles. The Morgan fingerprint density at radius 1 is 1.29 bits per heavy atom. The van der Waals surface area contributed by atoms with Crippen LogP contribution in [0.5, 0.6) is 0 Å². The summed E-state index contributed by atoms with van der Waals surface area (Å²) >= 11 is 0. The van der Waals surface area contributed by atoms with Crippen LogP contribution in [0.25, 0.3) is 11.3 Å². The molecule has 6 heteroatoms. The number of rotatable bonds is 6. The third kappa shape index (κ3) is 4.17. The van der Waals surface area contributed by atoms with Crippen LogP contribution in [0.4, 0.5) is 0 Å². The molecule has 0 fully saturated rings. The van der Waals surface area contributed by atoms with E-state index in [4.69, 9.17) is 9.52 Å². The SMILES string of the molecule is CN(CC(=O)O)C(=O)CCc1ncc(-c2ccccc2)o1. The van der Waals surface area contributed by atoms with Crippen LogP contribution in [0.3, 0.4) is 0 Å². The lowest BCUT2D eigenvalue weighted by Crippen LogP contribution is -2.32. The predicted molar refractivity (Wildman–Crippen MR) is 75.5 cm³/mol. The van der Waals surface area contributed by atoms with Crippen molar-refractivity contribution in [2.45, 2.75) is 12.8 Å². The van der Waals surface area contributed by atoms with E-state index in [0.717, 1.165) is 5.56 Å². The zero-order valence-electron chi connectivity index (χ0n) is 11.7. The maximum atomic E-state index is 11.7. The highest BCUT2D eigenvalue weighted by atomic mass is 16.4. The van der Waals surface area contributed by atoms with E-state index in [9.17, 15) is 9.59 Å². The van der Waals surface area contributed by atoms with Crippen molar-refractivity contribution in [1.29, 1.82) is 0 Å². The van der Waals surface area contributed by atoms with Gasteiger partial charge in [0.1, 0.15) is 6.54 Å². The minimum atomic E-state index is -1.03. The molecular weight excluding hydrogens is 272 g/mol. The average molecular weight is 288 g/mol. The van der Waals surface area contributed by atoms with Gasteiger partial charge in [-0.15, -0.1) is 0 Å². The summed E-state index contributed by atoms with van der Waals surface area (Å²) in [4.78, 5) is 27.5. The molecule has 0 unspecified atom stereocenters. The van der Waals surface area contributed by atoms with E-state index in [1.807, 2.05) is 30.3 Å². The van der Waals surface area contributed by atoms with E-state index in [0.29, 0.717) is 18.1 Å². The molecule has 1 heterocycles. The van der Waals surface area contributed by atoms with Crippen LogP contribution in [0, 0.1) is 0 Å². The van der Waals surface area contributed by atoms with Gasteiger partial charge in [-0.3, -0.25) is 9.59 Å². The Labute approximate surface area is 122 Å². The summed E-state index contributed by atoms with van der Waals surface area (Å²) in [5.74, 6) is -0.173. The van der Waals surface area contributed by atoms with E-state index < -0.39 is 5.97 Å². The molecule has 2 rings (SSSR count). The van der Waals surface area contributed by atoms with Crippen LogP contribution in [-0.4, -0.2) is 40.5 Å². The molecule has 21 heavy (non-hydrogen) atoms. The molecule has 110 valence electrons. The van der Waals surface area contributed by atoms with E-state index in [1.54, 1.807) is 6.20 Å². The number of likely N-dealkylation sites (N-methyl/N-ethyl adjacent to an activating group) is 1. The molecule has 1 amide bonds. The molecule has 0 bridgehead atoms. The van der Waals surface area contributed by atoms with Gasteiger partial charge in [-0.05, 0) is 0 Å². The number of nitrogens with zero attached hydrogens (tertiary/aromatic N) is 2. The first-order valence-corrected chi connectivity index (χ1v) is 6.52. The molecule has 1 aromatic heterocycles. The van der Waals surface area contributed by atoms with Crippen LogP contribution in [0.15, 0.2) is 40.9 Å². The Morgan fingerprint density at radius 2 is 2.00 bits per heavy atom. The second kappa shape index (κ2) is 6.69. The smallest absolute Gasteiger partial charge is 0.323 e. The maximum absolute atomic E-state index is 11.7. The highest BCUT2D eigenvalue weighted by Crippen LogP contribution is 2.20. The van der Waals surface area contributed by atoms with Gasteiger partial charge >= 0.3 is 5.97 Å². The summed E-state index contributed by atoms with van der Waals surface area (Å²) in [6.07, 6.45) is 2.13. The van der Waals surface area contributed by atoms with Gasteiger partial charge in [-0.25, -0.2) is 4.98 Å². The number of aromatic nitrogens is 1. The number of aryl methyl sites for hydroxylation is 1. The molecule has 0 saturated carbocycles. The fraction of sp³-hybridized carbons (Fsp3) is 0.267. The predicted octanol–water partition coefficient (Wildman–Crippen LogP) is 1.82. The van der Waals surface area contributed by atoms with Crippen molar-refractivity contribution in [3.63, 3.8) is 0 Å². The van der Waals surface area contributed by atoms with Crippen molar-refractivity contribution < 1.29 is 19.1 Å². The number of hydrogen-bond acceptors (Lipinski definition) is 4. The van der Waals surface area contributed by atoms with Gasteiger partial charge in [0.15, 0.2) is 11.7 Å². The molecule has 6 nitrogen and oxygen atoms in total. The normalized spacial score (nSPS) is 10.3. The largest absolute Gasteiger partial charge is 0.480 e. The molecular formula is C15H16N2O4. The topological polar surface area (TPSA) is 83.6 Å². The highest BCUT2D eigenvalue weighted by molar-refractivity contribution is 5.81. The average Bonchev–Trinajstić information content (AvgIpc) is 2.94. The van der Waals surface area contributed by atoms with Gasteiger partial charge in [-0.1, -0.05) is 30.3 Å². The van der Waals surface area contributed by atoms with Gasteiger partial charge in [0.05, 0.1) is 6.20 Å². The number of benzene rings is 1. The van der Waals surface area contributed by atoms with Gasteiger partial charge in [0.25, 0.3) is 0 Å². The lowest BCUT2D eigenvalue weighted by molar-refractivity contribution is -0.143. The highest BCUT2D eigenvalue weighted by Gasteiger charge is 2.14. The second-order valence-corrected chi connectivity index (χ2v) is 4.63. The summed E-state index contributed by atoms with van der Waals surface area (Å²) in [7, 11) is 1.46. The lowest BCUT2D eigenvalue weighted by Gasteiger charge is -2.13. The second-order valence-electron chi connectivity index (χ2n) is 4.63. The quantitative estimate of drug-likeness (QED) is 0.876. The van der Waals surface area contributed by atoms with Gasteiger partial charge in [0, 0.05) is 25.5 Å². The van der Waals surface area contributed by atoms with Crippen LogP contribution >= 0.6 is 0 Å². The zero-order chi connectivity index (χ0) is 15.2. The number of hydrogen-bond donors (Lipinski definition) is 1. The molecule has 0 radical (unpaired) electrons. The first kappa shape index (κ1) is 14.8. The molecule has 0 atom stereocenters. The number of carbonyl (C=O) groups excluding carboxylic acids is 1. The molecule has 0 aliphatic rings. The summed E-state index contributed by atoms with van der Waals surface area (Å²) in [5, 5.41) is 8.62. The number of aliphatic carboxylic acids is 1. The minimum Gasteiger partial charge on any atom is -0.480 e. The standard InChI is InChI=1S/C15H16N2O4/c1-17(10-15(19)20)14(18)8-7-13-16-9-12(21-13)11-5-3-2-4-6-11/h2-6,9H,7-8,10H2,1H3,(H,19,20). The van der Waals surface area contributed by atoms with E-state index in [1.165, 1.54) is 11.9 Å². The van der Waals surface area contributed by atoms with Gasteiger partial charge < -0.3 is 14.4 Å². The van der Waals surface area contributed by atoms with Gasteiger partial charge in [0.2, 0.25) is 5.91 Å². The molecule has 1 aromatic carbocycles. The summed E-state index contributed by atoms with van der Waals surface area (Å²) in [6, 6.07) is 9.55. The minimum absolute atomic E-state index is 0.165. The summed E-state index contributed by atoms with van der Waals surface area (Å²) in [5.41, 5.74) is 0.922. The number of carboxylic acid groups (broad SMARTS) is 1. The molecule has 1 N–H and O–H groups in total. The van der Waals surface area contributed by atoms with E-state index >= 15 is 0 Å². The zero-order valence-corrected chi connectivity index (χ0v) is 11.7. The van der Waals surface area contributed by atoms with E-state index in [-0.39, 0.29) is 18.9 Å². The Balaban J connectivity index is 1.91. The maximum Gasteiger partial charge on any atom is 0.323 e. The molecule has 0 aliphatic carbocycles. The third-order valence-corrected chi connectivity index (χ3v) is 2.96. The van der Waals surface area contributed by atoms with Gasteiger partial charge in [-0.2, -0.15) is 0 Å². The molecule has 0 spiro atoms. The van der Waals surface area contributed by atoms with Crippen molar-refractivity contribution in [2.24, 2.45) is 0 Å². The fourth-order valence-corrected chi connectivity index (χ4v) is 1.86. The summed E-state index contributed by atoms with van der Waals surface area (Å²) in [6.45, 7) is -0.306. The van der Waals surface area contributed by atoms with Crippen LogP contribution in [-0.2, 0) is 16.0 Å². The number of amides is 1. The first-order valence-electron chi connectivity index (χ1n) is 6.52. The molecule has 2 aromatic rings. The van der Waals surface area contributed by atoms with Crippen molar-refractivity contribution in [2.75, 3.05) is 13.6 Å². The first-order chi connectivity index (χ1) is 10.1. The monoisotopic (exact) mass is 288 g/mol. The number of oxazole rings is 1. The van der Waals surface area contributed by atoms with Crippen LogP contribution in [0.1, 0.15) is 12.3 Å². The number of carboxylic acids is 1. The van der Waals surface area contributed by atoms with Crippen molar-refractivity contribution >= 4 is 11.9 Å². The Kier molecular flexibility index (Phi) is 4.71. The summed E-state index contributed by atoms with van der Waals surface area (Å²) < 4.78 is 5.58. The lowest BCUT2D eigenvalue weighted by atomic mass is 10.2. The Bertz CT molecular complexity index is 622. The van der Waals surface area contributed by atoms with Crippen LogP contribution in [0.2, 0.25) is 0 Å². The Morgan fingerprint density at radius 3 is 2.67 bits per heavy atom. The van der Waals surface area contributed by atoms with Crippen molar-refractivity contribution in [1.82, 2.24) is 9.88 Å². The van der Waals surface area contributed by atoms with Crippen LogP contribution < -0.4 is 0 Å². The van der Waals surface area contributed by atoms with Crippen molar-refractivity contribution in [3.05, 3.63) is 42.4 Å². The van der Waals surface area contributed by atoms with E-state index in [2.05, 4.69) is 4.98 Å².